The van der Waals surface area contributed by atoms with Crippen molar-refractivity contribution >= 4 is 17.1 Å². The first kappa shape index (κ1) is 10.4. The Balaban J connectivity index is 2.80. The van der Waals surface area contributed by atoms with Crippen molar-refractivity contribution in [1.29, 1.82) is 0 Å². The molecular formula is C14H12N2. The van der Waals surface area contributed by atoms with Crippen molar-refractivity contribution in [2.75, 3.05) is 0 Å². The van der Waals surface area contributed by atoms with E-state index in [4.69, 9.17) is 0 Å². The van der Waals surface area contributed by atoms with Gasteiger partial charge in [-0.05, 0) is 19.9 Å². The average Bonchev–Trinajstić information content (AvgIpc) is 2.33. The maximum absolute atomic E-state index is 4.36. The van der Waals surface area contributed by atoms with Crippen molar-refractivity contribution in [2.45, 2.75) is 13.8 Å². The summed E-state index contributed by atoms with van der Waals surface area (Å²) in [5.74, 6) is 5.94. The van der Waals surface area contributed by atoms with Crippen LogP contribution in [-0.2, 0) is 0 Å². The lowest BCUT2D eigenvalue weighted by molar-refractivity contribution is 1.28. The van der Waals surface area contributed by atoms with E-state index in [-0.39, 0.29) is 0 Å². The zero-order chi connectivity index (χ0) is 11.4. The first-order valence-corrected chi connectivity index (χ1v) is 5.16. The van der Waals surface area contributed by atoms with E-state index in [0.29, 0.717) is 0 Å². The number of benzene rings is 1. The molecular weight excluding hydrogens is 196 g/mol. The van der Waals surface area contributed by atoms with E-state index in [1.165, 1.54) is 0 Å². The Morgan fingerprint density at radius 2 is 1.88 bits per heavy atom. The van der Waals surface area contributed by atoms with Gasteiger partial charge < -0.3 is 0 Å². The SMILES string of the molecule is CC#Cc1ccc(C=CC)c2nccnc12. The Morgan fingerprint density at radius 3 is 2.56 bits per heavy atom. The normalized spacial score (nSPS) is 10.4. The van der Waals surface area contributed by atoms with Gasteiger partial charge in [0.15, 0.2) is 0 Å². The fourth-order valence-corrected chi connectivity index (χ4v) is 1.63. The van der Waals surface area contributed by atoms with Gasteiger partial charge >= 0.3 is 0 Å². The summed E-state index contributed by atoms with van der Waals surface area (Å²) >= 11 is 0. The van der Waals surface area contributed by atoms with Crippen molar-refractivity contribution in [3.05, 3.63) is 41.7 Å². The lowest BCUT2D eigenvalue weighted by Gasteiger charge is -2.02. The van der Waals surface area contributed by atoms with Crippen LogP contribution in [0.2, 0.25) is 0 Å². The van der Waals surface area contributed by atoms with Gasteiger partial charge in [-0.15, -0.1) is 5.92 Å². The van der Waals surface area contributed by atoms with Crippen LogP contribution in [0.5, 0.6) is 0 Å². The highest BCUT2D eigenvalue weighted by Crippen LogP contribution is 2.19. The lowest BCUT2D eigenvalue weighted by atomic mass is 10.1. The van der Waals surface area contributed by atoms with Crippen LogP contribution in [0.1, 0.15) is 25.0 Å². The molecule has 0 aliphatic rings. The van der Waals surface area contributed by atoms with Gasteiger partial charge in [0, 0.05) is 18.0 Å². The molecule has 0 fully saturated rings. The number of allylic oxidation sites excluding steroid dienone is 1. The fourth-order valence-electron chi connectivity index (χ4n) is 1.63. The number of fused-ring (bicyclic) bond motifs is 1. The van der Waals surface area contributed by atoms with Gasteiger partial charge in [0.25, 0.3) is 0 Å². The van der Waals surface area contributed by atoms with Gasteiger partial charge in [0.1, 0.15) is 5.52 Å². The predicted molar refractivity (Wildman–Crippen MR) is 66.8 cm³/mol. The zero-order valence-corrected chi connectivity index (χ0v) is 9.36. The maximum Gasteiger partial charge on any atom is 0.105 e. The van der Waals surface area contributed by atoms with Crippen LogP contribution in [-0.4, -0.2) is 9.97 Å². The summed E-state index contributed by atoms with van der Waals surface area (Å²) in [6.45, 7) is 3.81. The molecule has 1 heterocycles. The third-order valence-corrected chi connectivity index (χ3v) is 2.26. The molecule has 0 aliphatic heterocycles. The molecule has 0 radical (unpaired) electrons. The van der Waals surface area contributed by atoms with Crippen molar-refractivity contribution in [3.8, 4) is 11.8 Å². The van der Waals surface area contributed by atoms with Crippen molar-refractivity contribution < 1.29 is 0 Å². The second kappa shape index (κ2) is 4.59. The lowest BCUT2D eigenvalue weighted by Crippen LogP contribution is -1.89. The summed E-state index contributed by atoms with van der Waals surface area (Å²) in [7, 11) is 0. The molecule has 16 heavy (non-hydrogen) atoms. The second-order valence-electron chi connectivity index (χ2n) is 3.33. The Labute approximate surface area is 95.1 Å². The number of hydrogen-bond acceptors (Lipinski definition) is 2. The molecule has 78 valence electrons. The van der Waals surface area contributed by atoms with E-state index in [2.05, 4.69) is 21.8 Å². The van der Waals surface area contributed by atoms with Gasteiger partial charge in [-0.1, -0.05) is 24.1 Å². The third kappa shape index (κ3) is 1.80. The van der Waals surface area contributed by atoms with Crippen LogP contribution in [0.3, 0.4) is 0 Å². The Morgan fingerprint density at radius 1 is 1.12 bits per heavy atom. The summed E-state index contributed by atoms with van der Waals surface area (Å²) < 4.78 is 0. The predicted octanol–water partition coefficient (Wildman–Crippen LogP) is 3.03. The summed E-state index contributed by atoms with van der Waals surface area (Å²) in [5, 5.41) is 0. The van der Waals surface area contributed by atoms with Gasteiger partial charge in [-0.2, -0.15) is 0 Å². The molecule has 0 atom stereocenters. The van der Waals surface area contributed by atoms with Crippen molar-refractivity contribution in [3.63, 3.8) is 0 Å². The van der Waals surface area contributed by atoms with E-state index in [1.807, 2.05) is 38.1 Å². The van der Waals surface area contributed by atoms with Crippen LogP contribution in [0.25, 0.3) is 17.1 Å². The number of aromatic nitrogens is 2. The monoisotopic (exact) mass is 208 g/mol. The van der Waals surface area contributed by atoms with Crippen LogP contribution in [0, 0.1) is 11.8 Å². The number of nitrogens with zero attached hydrogens (tertiary/aromatic N) is 2. The third-order valence-electron chi connectivity index (χ3n) is 2.26. The van der Waals surface area contributed by atoms with E-state index >= 15 is 0 Å². The smallest absolute Gasteiger partial charge is 0.105 e. The van der Waals surface area contributed by atoms with Gasteiger partial charge in [-0.25, -0.2) is 0 Å². The molecule has 2 aromatic rings. The minimum atomic E-state index is 0.868. The minimum Gasteiger partial charge on any atom is -0.252 e. The topological polar surface area (TPSA) is 25.8 Å². The Kier molecular flexibility index (Phi) is 2.98. The molecule has 2 heteroatoms. The van der Waals surface area contributed by atoms with Gasteiger partial charge in [0.2, 0.25) is 0 Å². The molecule has 0 saturated carbocycles. The summed E-state index contributed by atoms with van der Waals surface area (Å²) in [6, 6.07) is 4.01. The van der Waals surface area contributed by atoms with Crippen LogP contribution in [0.4, 0.5) is 0 Å². The summed E-state index contributed by atoms with van der Waals surface area (Å²) in [6.07, 6.45) is 7.43. The number of hydrogen-bond donors (Lipinski definition) is 0. The first-order valence-electron chi connectivity index (χ1n) is 5.16. The minimum absolute atomic E-state index is 0.868. The van der Waals surface area contributed by atoms with Crippen molar-refractivity contribution in [2.24, 2.45) is 0 Å². The zero-order valence-electron chi connectivity index (χ0n) is 9.36. The fraction of sp³-hybridized carbons (Fsp3) is 0.143. The van der Waals surface area contributed by atoms with Crippen LogP contribution < -0.4 is 0 Å². The molecule has 0 saturated heterocycles. The molecule has 2 rings (SSSR count). The highest BCUT2D eigenvalue weighted by Gasteiger charge is 2.04. The standard InChI is InChI=1S/C14H12N2/c1-3-5-11-7-8-12(6-4-2)14-13(11)15-9-10-16-14/h3,5,7-10H,1-2H3. The maximum atomic E-state index is 4.36. The first-order chi connectivity index (χ1) is 7.86. The molecule has 0 spiro atoms. The molecule has 0 unspecified atom stereocenters. The van der Waals surface area contributed by atoms with E-state index in [1.54, 1.807) is 12.4 Å². The summed E-state index contributed by atoms with van der Waals surface area (Å²) in [4.78, 5) is 8.70. The van der Waals surface area contributed by atoms with E-state index in [9.17, 15) is 0 Å². The number of rotatable bonds is 1. The molecule has 1 aromatic heterocycles. The molecule has 1 aromatic carbocycles. The quantitative estimate of drug-likeness (QED) is 0.673. The molecule has 0 N–H and O–H groups in total. The van der Waals surface area contributed by atoms with E-state index in [0.717, 1.165) is 22.2 Å². The second-order valence-corrected chi connectivity index (χ2v) is 3.33. The highest BCUT2D eigenvalue weighted by atomic mass is 14.8. The average molecular weight is 208 g/mol. The molecule has 2 nitrogen and oxygen atoms in total. The molecule has 0 amide bonds. The molecule has 0 bridgehead atoms. The van der Waals surface area contributed by atoms with Crippen LogP contribution in [0.15, 0.2) is 30.6 Å². The highest BCUT2D eigenvalue weighted by molar-refractivity contribution is 5.88. The Hall–Kier alpha value is -2.14. The van der Waals surface area contributed by atoms with Gasteiger partial charge in [-0.3, -0.25) is 9.97 Å². The van der Waals surface area contributed by atoms with Gasteiger partial charge in [0.05, 0.1) is 11.1 Å². The largest absolute Gasteiger partial charge is 0.252 e. The summed E-state index contributed by atoms with van der Waals surface area (Å²) in [5.41, 5.74) is 3.78. The van der Waals surface area contributed by atoms with Crippen LogP contribution >= 0.6 is 0 Å². The van der Waals surface area contributed by atoms with E-state index < -0.39 is 0 Å². The molecule has 0 aliphatic carbocycles. The van der Waals surface area contributed by atoms with Crippen molar-refractivity contribution in [1.82, 2.24) is 9.97 Å². The Bertz CT molecular complexity index is 601.